The first-order valence-electron chi connectivity index (χ1n) is 6.21. The number of amides is 1. The first-order chi connectivity index (χ1) is 9.40. The summed E-state index contributed by atoms with van der Waals surface area (Å²) in [6.07, 6.45) is 0. The number of hydrogen-bond acceptors (Lipinski definition) is 2. The van der Waals surface area contributed by atoms with Crippen LogP contribution < -0.4 is 0 Å². The van der Waals surface area contributed by atoms with Gasteiger partial charge < -0.3 is 10.0 Å². The van der Waals surface area contributed by atoms with E-state index in [1.165, 1.54) is 4.90 Å². The van der Waals surface area contributed by atoms with E-state index in [-0.39, 0.29) is 11.7 Å². The zero-order valence-corrected chi connectivity index (χ0v) is 12.4. The van der Waals surface area contributed by atoms with Gasteiger partial charge in [0, 0.05) is 30.2 Å². The quantitative estimate of drug-likeness (QED) is 0.915. The second-order valence-corrected chi connectivity index (χ2v) is 5.31. The molecule has 1 amide bonds. The molecule has 0 heterocycles. The van der Waals surface area contributed by atoms with Crippen LogP contribution in [0.3, 0.4) is 0 Å². The number of aryl methyl sites for hydroxylation is 1. The van der Waals surface area contributed by atoms with E-state index in [0.717, 1.165) is 11.1 Å². The molecule has 0 aromatic heterocycles. The van der Waals surface area contributed by atoms with Gasteiger partial charge >= 0.3 is 0 Å². The summed E-state index contributed by atoms with van der Waals surface area (Å²) in [5.74, 6) is 0.0749. The average Bonchev–Trinajstić information content (AvgIpc) is 2.42. The molecule has 3 nitrogen and oxygen atoms in total. The Labute approximate surface area is 123 Å². The highest BCUT2D eigenvalue weighted by molar-refractivity contribution is 6.31. The minimum Gasteiger partial charge on any atom is -0.507 e. The van der Waals surface area contributed by atoms with Gasteiger partial charge in [0.05, 0.1) is 0 Å². The van der Waals surface area contributed by atoms with Crippen molar-refractivity contribution in [2.45, 2.75) is 6.92 Å². The molecule has 0 saturated carbocycles. The molecule has 0 atom stereocenters. The van der Waals surface area contributed by atoms with Crippen LogP contribution in [0.5, 0.6) is 5.75 Å². The highest BCUT2D eigenvalue weighted by atomic mass is 35.5. The fourth-order valence-electron chi connectivity index (χ4n) is 1.98. The van der Waals surface area contributed by atoms with Crippen LogP contribution in [0.4, 0.5) is 0 Å². The van der Waals surface area contributed by atoms with E-state index in [2.05, 4.69) is 0 Å². The van der Waals surface area contributed by atoms with E-state index in [9.17, 15) is 9.90 Å². The molecule has 4 heteroatoms. The van der Waals surface area contributed by atoms with E-state index in [4.69, 9.17) is 11.6 Å². The third-order valence-electron chi connectivity index (χ3n) is 3.10. The molecule has 0 aliphatic heterocycles. The number of hydrogen-bond donors (Lipinski definition) is 1. The molecule has 0 aliphatic rings. The van der Waals surface area contributed by atoms with Crippen LogP contribution in [0.1, 0.15) is 15.9 Å². The molecule has 2 aromatic carbocycles. The Morgan fingerprint density at radius 2 is 1.90 bits per heavy atom. The van der Waals surface area contributed by atoms with Crippen molar-refractivity contribution in [3.8, 4) is 16.9 Å². The summed E-state index contributed by atoms with van der Waals surface area (Å²) in [5, 5.41) is 10.6. The lowest BCUT2D eigenvalue weighted by Crippen LogP contribution is -2.21. The molecule has 0 spiro atoms. The predicted octanol–water partition coefficient (Wildman–Crippen LogP) is 3.72. The van der Waals surface area contributed by atoms with E-state index < -0.39 is 0 Å². The maximum absolute atomic E-state index is 12.0. The van der Waals surface area contributed by atoms with Crippen LogP contribution in [0.2, 0.25) is 5.02 Å². The number of carbonyl (C=O) groups is 1. The van der Waals surface area contributed by atoms with Gasteiger partial charge in [0.15, 0.2) is 0 Å². The van der Waals surface area contributed by atoms with Gasteiger partial charge in [-0.1, -0.05) is 23.7 Å². The lowest BCUT2D eigenvalue weighted by molar-refractivity contribution is 0.0827. The van der Waals surface area contributed by atoms with Crippen molar-refractivity contribution in [3.05, 3.63) is 52.5 Å². The molecule has 2 aromatic rings. The summed E-state index contributed by atoms with van der Waals surface area (Å²) in [4.78, 5) is 13.5. The Morgan fingerprint density at radius 3 is 2.55 bits per heavy atom. The number of nitrogens with zero attached hydrogens (tertiary/aromatic N) is 1. The van der Waals surface area contributed by atoms with Crippen LogP contribution in [0.25, 0.3) is 11.1 Å². The van der Waals surface area contributed by atoms with Crippen molar-refractivity contribution >= 4 is 17.5 Å². The largest absolute Gasteiger partial charge is 0.507 e. The van der Waals surface area contributed by atoms with Crippen molar-refractivity contribution in [3.63, 3.8) is 0 Å². The molecule has 104 valence electrons. The highest BCUT2D eigenvalue weighted by Gasteiger charge is 2.12. The maximum atomic E-state index is 12.0. The Bertz CT molecular complexity index is 666. The van der Waals surface area contributed by atoms with Crippen molar-refractivity contribution in [1.82, 2.24) is 4.90 Å². The minimum absolute atomic E-state index is 0.0791. The molecule has 0 saturated heterocycles. The fourth-order valence-corrected chi connectivity index (χ4v) is 2.14. The predicted molar refractivity (Wildman–Crippen MR) is 81.3 cm³/mol. The molecule has 2 rings (SSSR count). The molecule has 20 heavy (non-hydrogen) atoms. The van der Waals surface area contributed by atoms with Gasteiger partial charge in [-0.15, -0.1) is 0 Å². The number of carbonyl (C=O) groups excluding carboxylic acids is 1. The van der Waals surface area contributed by atoms with Gasteiger partial charge in [0.25, 0.3) is 5.91 Å². The van der Waals surface area contributed by atoms with Gasteiger partial charge in [0.2, 0.25) is 0 Å². The molecule has 0 aliphatic carbocycles. The lowest BCUT2D eigenvalue weighted by Gasteiger charge is -2.12. The minimum atomic E-state index is -0.0791. The zero-order valence-electron chi connectivity index (χ0n) is 11.6. The lowest BCUT2D eigenvalue weighted by atomic mass is 10.0. The van der Waals surface area contributed by atoms with Crippen molar-refractivity contribution in [2.24, 2.45) is 0 Å². The zero-order chi connectivity index (χ0) is 14.9. The fraction of sp³-hybridized carbons (Fsp3) is 0.188. The van der Waals surface area contributed by atoms with E-state index in [1.807, 2.05) is 13.0 Å². The van der Waals surface area contributed by atoms with Crippen LogP contribution in [0, 0.1) is 6.92 Å². The van der Waals surface area contributed by atoms with Gasteiger partial charge in [-0.25, -0.2) is 0 Å². The van der Waals surface area contributed by atoms with Crippen LogP contribution in [0.15, 0.2) is 36.4 Å². The summed E-state index contributed by atoms with van der Waals surface area (Å²) < 4.78 is 0. The molecule has 0 bridgehead atoms. The van der Waals surface area contributed by atoms with E-state index in [1.54, 1.807) is 44.4 Å². The Morgan fingerprint density at radius 1 is 1.20 bits per heavy atom. The van der Waals surface area contributed by atoms with Gasteiger partial charge in [-0.05, 0) is 42.3 Å². The first kappa shape index (κ1) is 14.4. The summed E-state index contributed by atoms with van der Waals surface area (Å²) in [6, 6.07) is 10.5. The highest BCUT2D eigenvalue weighted by Crippen LogP contribution is 2.34. The Hall–Kier alpha value is -2.00. The standard InChI is InChI=1S/C16H16ClNO2/c1-10-7-15(19)13(9-14(10)17)11-5-4-6-12(8-11)16(20)18(2)3/h4-9,19H,1-3H3. The average molecular weight is 290 g/mol. The Kier molecular flexibility index (Phi) is 4.00. The summed E-state index contributed by atoms with van der Waals surface area (Å²) in [5.41, 5.74) is 2.77. The Balaban J connectivity index is 2.52. The monoisotopic (exact) mass is 289 g/mol. The number of benzene rings is 2. The smallest absolute Gasteiger partial charge is 0.253 e. The van der Waals surface area contributed by atoms with Gasteiger partial charge in [0.1, 0.15) is 5.75 Å². The molecule has 0 fully saturated rings. The molecular formula is C16H16ClNO2. The third-order valence-corrected chi connectivity index (χ3v) is 3.51. The third kappa shape index (κ3) is 2.78. The topological polar surface area (TPSA) is 40.5 Å². The molecular weight excluding hydrogens is 274 g/mol. The molecule has 0 unspecified atom stereocenters. The van der Waals surface area contributed by atoms with Gasteiger partial charge in [-0.2, -0.15) is 0 Å². The second-order valence-electron chi connectivity index (χ2n) is 4.90. The van der Waals surface area contributed by atoms with Crippen molar-refractivity contribution in [1.29, 1.82) is 0 Å². The number of phenols is 1. The van der Waals surface area contributed by atoms with Crippen LogP contribution in [-0.4, -0.2) is 30.0 Å². The molecule has 1 N–H and O–H groups in total. The van der Waals surface area contributed by atoms with Crippen molar-refractivity contribution < 1.29 is 9.90 Å². The summed E-state index contributed by atoms with van der Waals surface area (Å²) >= 11 is 6.10. The van der Waals surface area contributed by atoms with E-state index in [0.29, 0.717) is 16.1 Å². The first-order valence-corrected chi connectivity index (χ1v) is 6.59. The van der Waals surface area contributed by atoms with Gasteiger partial charge in [-0.3, -0.25) is 4.79 Å². The SMILES string of the molecule is Cc1cc(O)c(-c2cccc(C(=O)N(C)C)c2)cc1Cl. The maximum Gasteiger partial charge on any atom is 0.253 e. The van der Waals surface area contributed by atoms with Crippen LogP contribution >= 0.6 is 11.6 Å². The number of phenolic OH excluding ortho intramolecular Hbond substituents is 1. The normalized spacial score (nSPS) is 10.4. The summed E-state index contributed by atoms with van der Waals surface area (Å²) in [7, 11) is 3.41. The summed E-state index contributed by atoms with van der Waals surface area (Å²) in [6.45, 7) is 1.83. The van der Waals surface area contributed by atoms with E-state index >= 15 is 0 Å². The number of aromatic hydroxyl groups is 1. The number of rotatable bonds is 2. The second kappa shape index (κ2) is 5.55. The van der Waals surface area contributed by atoms with Crippen molar-refractivity contribution in [2.75, 3.05) is 14.1 Å². The van der Waals surface area contributed by atoms with Crippen LogP contribution in [-0.2, 0) is 0 Å². The molecule has 0 radical (unpaired) electrons. The number of halogens is 1.